The number of carbonyl (C=O) groups is 1. The van der Waals surface area contributed by atoms with Crippen molar-refractivity contribution in [2.75, 3.05) is 0 Å². The van der Waals surface area contributed by atoms with Crippen LogP contribution < -0.4 is 0 Å². The SMILES string of the molecule is CCCCC(F)(F)C(CCC1CCCC1)OC(C)=O. The first kappa shape index (κ1) is 16.4. The second kappa shape index (κ2) is 7.81. The van der Waals surface area contributed by atoms with E-state index in [0.717, 1.165) is 25.7 Å². The number of hydrogen-bond donors (Lipinski definition) is 0. The molecule has 0 aromatic heterocycles. The molecule has 0 radical (unpaired) electrons. The molecule has 19 heavy (non-hydrogen) atoms. The van der Waals surface area contributed by atoms with Crippen LogP contribution in [-0.2, 0) is 9.53 Å². The monoisotopic (exact) mass is 276 g/mol. The van der Waals surface area contributed by atoms with Crippen molar-refractivity contribution in [3.05, 3.63) is 0 Å². The Morgan fingerprint density at radius 3 is 2.53 bits per heavy atom. The lowest BCUT2D eigenvalue weighted by atomic mass is 9.95. The van der Waals surface area contributed by atoms with Crippen molar-refractivity contribution in [1.29, 1.82) is 0 Å². The maximum Gasteiger partial charge on any atom is 0.303 e. The number of hydrogen-bond acceptors (Lipinski definition) is 2. The summed E-state index contributed by atoms with van der Waals surface area (Å²) in [5, 5.41) is 0. The lowest BCUT2D eigenvalue weighted by Gasteiger charge is -2.27. The van der Waals surface area contributed by atoms with Gasteiger partial charge in [0.1, 0.15) is 0 Å². The smallest absolute Gasteiger partial charge is 0.303 e. The summed E-state index contributed by atoms with van der Waals surface area (Å²) < 4.78 is 32.9. The fourth-order valence-electron chi connectivity index (χ4n) is 2.82. The molecular weight excluding hydrogens is 250 g/mol. The van der Waals surface area contributed by atoms with E-state index in [1.165, 1.54) is 19.8 Å². The van der Waals surface area contributed by atoms with E-state index in [1.807, 2.05) is 6.92 Å². The molecule has 1 atom stereocenters. The third-order valence-corrected chi connectivity index (χ3v) is 3.95. The number of halogens is 2. The topological polar surface area (TPSA) is 26.3 Å². The molecule has 2 nitrogen and oxygen atoms in total. The van der Waals surface area contributed by atoms with Crippen LogP contribution in [0.2, 0.25) is 0 Å². The Kier molecular flexibility index (Phi) is 6.73. The van der Waals surface area contributed by atoms with Crippen LogP contribution in [0.1, 0.15) is 71.6 Å². The first-order chi connectivity index (χ1) is 8.95. The van der Waals surface area contributed by atoms with Gasteiger partial charge in [0.2, 0.25) is 0 Å². The highest BCUT2D eigenvalue weighted by Gasteiger charge is 2.41. The molecule has 0 bridgehead atoms. The zero-order valence-corrected chi connectivity index (χ0v) is 12.1. The molecule has 1 aliphatic carbocycles. The van der Waals surface area contributed by atoms with Gasteiger partial charge < -0.3 is 4.74 Å². The number of rotatable bonds is 8. The van der Waals surface area contributed by atoms with Crippen LogP contribution in [-0.4, -0.2) is 18.0 Å². The molecule has 0 heterocycles. The lowest BCUT2D eigenvalue weighted by molar-refractivity contribution is -0.174. The molecule has 0 amide bonds. The van der Waals surface area contributed by atoms with Gasteiger partial charge in [0, 0.05) is 13.3 Å². The number of ether oxygens (including phenoxy) is 1. The highest BCUT2D eigenvalue weighted by molar-refractivity contribution is 5.66. The Bertz CT molecular complexity index is 273. The highest BCUT2D eigenvalue weighted by Crippen LogP contribution is 2.34. The van der Waals surface area contributed by atoms with Crippen molar-refractivity contribution in [2.24, 2.45) is 5.92 Å². The van der Waals surface area contributed by atoms with Crippen LogP contribution in [0.3, 0.4) is 0 Å². The molecule has 1 fully saturated rings. The van der Waals surface area contributed by atoms with Crippen LogP contribution in [0.4, 0.5) is 8.78 Å². The number of unbranched alkanes of at least 4 members (excludes halogenated alkanes) is 1. The van der Waals surface area contributed by atoms with Gasteiger partial charge in [-0.2, -0.15) is 0 Å². The van der Waals surface area contributed by atoms with E-state index < -0.39 is 18.0 Å². The fraction of sp³-hybridized carbons (Fsp3) is 0.933. The highest BCUT2D eigenvalue weighted by atomic mass is 19.3. The van der Waals surface area contributed by atoms with Gasteiger partial charge in [-0.05, 0) is 25.2 Å². The molecule has 0 aromatic rings. The van der Waals surface area contributed by atoms with E-state index in [-0.39, 0.29) is 6.42 Å². The predicted molar refractivity (Wildman–Crippen MR) is 71.2 cm³/mol. The van der Waals surface area contributed by atoms with Crippen molar-refractivity contribution in [3.8, 4) is 0 Å². The third kappa shape index (κ3) is 5.87. The van der Waals surface area contributed by atoms with Crippen LogP contribution in [0, 0.1) is 5.92 Å². The van der Waals surface area contributed by atoms with Gasteiger partial charge in [-0.15, -0.1) is 0 Å². The van der Waals surface area contributed by atoms with Crippen molar-refractivity contribution in [3.63, 3.8) is 0 Å². The molecule has 0 saturated heterocycles. The minimum atomic E-state index is -2.89. The van der Waals surface area contributed by atoms with Crippen LogP contribution >= 0.6 is 0 Å². The number of esters is 1. The summed E-state index contributed by atoms with van der Waals surface area (Å²) in [7, 11) is 0. The second-order valence-corrected chi connectivity index (χ2v) is 5.69. The van der Waals surface area contributed by atoms with Crippen LogP contribution in [0.15, 0.2) is 0 Å². The number of carbonyl (C=O) groups excluding carboxylic acids is 1. The molecule has 0 aromatic carbocycles. The summed E-state index contributed by atoms with van der Waals surface area (Å²) in [6, 6.07) is 0. The lowest BCUT2D eigenvalue weighted by Crippen LogP contribution is -2.37. The maximum absolute atomic E-state index is 14.0. The molecule has 1 aliphatic rings. The molecular formula is C15H26F2O2. The Labute approximate surface area is 114 Å². The van der Waals surface area contributed by atoms with Gasteiger partial charge in [-0.1, -0.05) is 39.0 Å². The second-order valence-electron chi connectivity index (χ2n) is 5.69. The summed E-state index contributed by atoms with van der Waals surface area (Å²) in [6.07, 6.45) is 5.48. The first-order valence-electron chi connectivity index (χ1n) is 7.50. The predicted octanol–water partition coefficient (Wildman–Crippen LogP) is 4.71. The number of alkyl halides is 2. The van der Waals surface area contributed by atoms with Gasteiger partial charge in [0.05, 0.1) is 0 Å². The quantitative estimate of drug-likeness (QED) is 0.600. The van der Waals surface area contributed by atoms with Gasteiger partial charge in [-0.25, -0.2) is 8.78 Å². The molecule has 1 rings (SSSR count). The summed E-state index contributed by atoms with van der Waals surface area (Å²) in [5.41, 5.74) is 0. The summed E-state index contributed by atoms with van der Waals surface area (Å²) in [5.74, 6) is -2.95. The van der Waals surface area contributed by atoms with Gasteiger partial charge in [0.25, 0.3) is 5.92 Å². The van der Waals surface area contributed by atoms with E-state index in [1.54, 1.807) is 0 Å². The fourth-order valence-corrected chi connectivity index (χ4v) is 2.82. The normalized spacial score (nSPS) is 18.5. The first-order valence-corrected chi connectivity index (χ1v) is 7.50. The molecule has 1 unspecified atom stereocenters. The van der Waals surface area contributed by atoms with Crippen molar-refractivity contribution >= 4 is 5.97 Å². The average Bonchev–Trinajstić information content (AvgIpc) is 2.84. The Morgan fingerprint density at radius 2 is 2.00 bits per heavy atom. The van der Waals surface area contributed by atoms with Crippen molar-refractivity contribution in [1.82, 2.24) is 0 Å². The van der Waals surface area contributed by atoms with Crippen LogP contribution in [0.5, 0.6) is 0 Å². The molecule has 0 aliphatic heterocycles. The van der Waals surface area contributed by atoms with E-state index >= 15 is 0 Å². The summed E-state index contributed by atoms with van der Waals surface area (Å²) in [6.45, 7) is 3.09. The minimum absolute atomic E-state index is 0.188. The Hall–Kier alpha value is -0.670. The van der Waals surface area contributed by atoms with Crippen molar-refractivity contribution in [2.45, 2.75) is 83.7 Å². The average molecular weight is 276 g/mol. The molecule has 0 N–H and O–H groups in total. The zero-order chi connectivity index (χ0) is 14.3. The summed E-state index contributed by atoms with van der Waals surface area (Å²) >= 11 is 0. The molecule has 0 spiro atoms. The zero-order valence-electron chi connectivity index (χ0n) is 12.1. The van der Waals surface area contributed by atoms with E-state index in [9.17, 15) is 13.6 Å². The Balaban J connectivity index is 2.51. The van der Waals surface area contributed by atoms with E-state index in [2.05, 4.69) is 0 Å². The molecule has 1 saturated carbocycles. The van der Waals surface area contributed by atoms with E-state index in [0.29, 0.717) is 18.8 Å². The van der Waals surface area contributed by atoms with Crippen LogP contribution in [0.25, 0.3) is 0 Å². The summed E-state index contributed by atoms with van der Waals surface area (Å²) in [4.78, 5) is 11.0. The third-order valence-electron chi connectivity index (χ3n) is 3.95. The minimum Gasteiger partial charge on any atom is -0.456 e. The largest absolute Gasteiger partial charge is 0.456 e. The maximum atomic E-state index is 14.0. The Morgan fingerprint density at radius 1 is 1.37 bits per heavy atom. The molecule has 4 heteroatoms. The van der Waals surface area contributed by atoms with Gasteiger partial charge >= 0.3 is 5.97 Å². The van der Waals surface area contributed by atoms with Gasteiger partial charge in [0.15, 0.2) is 6.10 Å². The van der Waals surface area contributed by atoms with E-state index in [4.69, 9.17) is 4.74 Å². The van der Waals surface area contributed by atoms with Gasteiger partial charge in [-0.3, -0.25) is 4.79 Å². The van der Waals surface area contributed by atoms with Crippen molar-refractivity contribution < 1.29 is 18.3 Å². The standard InChI is InChI=1S/C15H26F2O2/c1-3-4-11-15(16,17)14(19-12(2)18)10-9-13-7-5-6-8-13/h13-14H,3-11H2,1-2H3. The molecule has 112 valence electrons.